The Morgan fingerprint density at radius 3 is 2.85 bits per heavy atom. The van der Waals surface area contributed by atoms with Crippen molar-refractivity contribution in [1.29, 1.82) is 0 Å². The van der Waals surface area contributed by atoms with Gasteiger partial charge in [0.05, 0.1) is 36.2 Å². The number of ether oxygens (including phenoxy) is 1. The molecule has 5 rings (SSSR count). The molecular formula is C24H32FN5O2S. The third kappa shape index (κ3) is 4.90. The van der Waals surface area contributed by atoms with Crippen LogP contribution in [0.3, 0.4) is 0 Å². The fraction of sp³-hybridized carbons (Fsp3) is 0.583. The number of carbonyl (C=O) groups excluding carboxylic acids is 1. The highest BCUT2D eigenvalue weighted by atomic mass is 32.2. The summed E-state index contributed by atoms with van der Waals surface area (Å²) in [6.07, 6.45) is 4.69. The minimum atomic E-state index is -0.348. The van der Waals surface area contributed by atoms with Crippen LogP contribution in [0.2, 0.25) is 0 Å². The van der Waals surface area contributed by atoms with Gasteiger partial charge >= 0.3 is 0 Å². The molecule has 3 heterocycles. The maximum absolute atomic E-state index is 14.3. The number of thioether (sulfide) groups is 1. The minimum Gasteiger partial charge on any atom is -0.381 e. The summed E-state index contributed by atoms with van der Waals surface area (Å²) in [5.74, 6) is 0.591. The second kappa shape index (κ2) is 10.0. The number of amides is 1. The van der Waals surface area contributed by atoms with Crippen LogP contribution in [0.15, 0.2) is 23.2 Å². The van der Waals surface area contributed by atoms with Crippen molar-refractivity contribution in [3.05, 3.63) is 29.7 Å². The number of aromatic nitrogens is 1. The van der Waals surface area contributed by atoms with Gasteiger partial charge in [0.15, 0.2) is 0 Å². The number of nitrogens with one attached hydrogen (secondary N) is 3. The molecular weight excluding hydrogens is 441 g/mol. The highest BCUT2D eigenvalue weighted by Crippen LogP contribution is 2.32. The SMILES string of the molecule is CCNC(C(=O)N1CCOCC1)[C@@H]1CSC(c2cc3cc(F)cc(NC4CCCC4)c3[nH]2)=N1. The van der Waals surface area contributed by atoms with E-state index < -0.39 is 0 Å². The number of hydrogen-bond acceptors (Lipinski definition) is 6. The Balaban J connectivity index is 1.38. The molecule has 2 aliphatic heterocycles. The van der Waals surface area contributed by atoms with Gasteiger partial charge in [0.1, 0.15) is 16.9 Å². The standard InChI is InChI=1S/C24H32FN5O2S/c1-2-26-22(24(31)30-7-9-32-10-8-30)20-14-33-23(29-20)19-12-15-11-16(25)13-18(21(15)28-19)27-17-5-3-4-6-17/h11-13,17,20,22,26-28H,2-10,14H2,1H3/t20-,22?/m0/s1. The van der Waals surface area contributed by atoms with E-state index in [0.717, 1.165) is 45.9 Å². The van der Waals surface area contributed by atoms with Gasteiger partial charge in [-0.2, -0.15) is 0 Å². The van der Waals surface area contributed by atoms with Crippen LogP contribution in [0.1, 0.15) is 38.3 Å². The maximum Gasteiger partial charge on any atom is 0.242 e. The molecule has 1 aliphatic carbocycles. The van der Waals surface area contributed by atoms with Crippen LogP contribution >= 0.6 is 11.8 Å². The number of likely N-dealkylation sites (N-methyl/N-ethyl adjacent to an activating group) is 1. The number of anilines is 1. The Morgan fingerprint density at radius 2 is 2.09 bits per heavy atom. The zero-order valence-corrected chi connectivity index (χ0v) is 19.8. The fourth-order valence-corrected chi connectivity index (χ4v) is 6.09. The molecule has 9 heteroatoms. The van der Waals surface area contributed by atoms with Crippen molar-refractivity contribution in [3.63, 3.8) is 0 Å². The summed E-state index contributed by atoms with van der Waals surface area (Å²) in [5.41, 5.74) is 2.61. The zero-order valence-electron chi connectivity index (χ0n) is 19.0. The van der Waals surface area contributed by atoms with E-state index in [4.69, 9.17) is 9.73 Å². The van der Waals surface area contributed by atoms with E-state index in [1.165, 1.54) is 12.8 Å². The van der Waals surface area contributed by atoms with Crippen molar-refractivity contribution >= 4 is 39.3 Å². The maximum atomic E-state index is 14.3. The van der Waals surface area contributed by atoms with Gasteiger partial charge in [-0.3, -0.25) is 9.79 Å². The fourth-order valence-electron chi connectivity index (χ4n) is 5.02. The molecule has 1 saturated carbocycles. The third-order valence-corrected chi connectivity index (χ3v) is 7.82. The van der Waals surface area contributed by atoms with Gasteiger partial charge < -0.3 is 25.3 Å². The summed E-state index contributed by atoms with van der Waals surface area (Å²) < 4.78 is 19.7. The van der Waals surface area contributed by atoms with Gasteiger partial charge in [-0.25, -0.2) is 4.39 Å². The first-order valence-electron chi connectivity index (χ1n) is 12.0. The average Bonchev–Trinajstić information content (AvgIpc) is 3.58. The molecule has 33 heavy (non-hydrogen) atoms. The Kier molecular flexibility index (Phi) is 6.89. The number of fused-ring (bicyclic) bond motifs is 1. The van der Waals surface area contributed by atoms with E-state index in [1.807, 2.05) is 17.9 Å². The lowest BCUT2D eigenvalue weighted by molar-refractivity contribution is -0.137. The Labute approximate surface area is 197 Å². The van der Waals surface area contributed by atoms with Crippen LogP contribution in [0.4, 0.5) is 10.1 Å². The van der Waals surface area contributed by atoms with Gasteiger partial charge in [0, 0.05) is 30.3 Å². The lowest BCUT2D eigenvalue weighted by Crippen LogP contribution is -2.54. The molecule has 7 nitrogen and oxygen atoms in total. The highest BCUT2D eigenvalue weighted by molar-refractivity contribution is 8.14. The van der Waals surface area contributed by atoms with Crippen LogP contribution in [0.25, 0.3) is 10.9 Å². The summed E-state index contributed by atoms with van der Waals surface area (Å²) in [6.45, 7) is 5.14. The van der Waals surface area contributed by atoms with E-state index >= 15 is 0 Å². The number of H-pyrrole nitrogens is 1. The predicted molar refractivity (Wildman–Crippen MR) is 132 cm³/mol. The van der Waals surface area contributed by atoms with Gasteiger partial charge in [0.2, 0.25) is 5.91 Å². The molecule has 0 spiro atoms. The molecule has 2 aromatic rings. The molecule has 178 valence electrons. The zero-order chi connectivity index (χ0) is 22.8. The number of halogens is 1. The van der Waals surface area contributed by atoms with Gasteiger partial charge in [-0.05, 0) is 37.6 Å². The van der Waals surface area contributed by atoms with Crippen molar-refractivity contribution < 1.29 is 13.9 Å². The molecule has 2 atom stereocenters. The van der Waals surface area contributed by atoms with Crippen molar-refractivity contribution in [2.45, 2.75) is 50.7 Å². The topological polar surface area (TPSA) is 81.8 Å². The smallest absolute Gasteiger partial charge is 0.242 e. The third-order valence-electron chi connectivity index (χ3n) is 6.71. The van der Waals surface area contributed by atoms with Crippen molar-refractivity contribution in [3.8, 4) is 0 Å². The second-order valence-electron chi connectivity index (χ2n) is 9.01. The first-order chi connectivity index (χ1) is 16.1. The minimum absolute atomic E-state index is 0.0949. The van der Waals surface area contributed by atoms with E-state index in [0.29, 0.717) is 38.9 Å². The molecule has 3 N–H and O–H groups in total. The largest absolute Gasteiger partial charge is 0.381 e. The molecule has 1 saturated heterocycles. The summed E-state index contributed by atoms with van der Waals surface area (Å²) in [5, 5.41) is 8.60. The Hall–Kier alpha value is -2.10. The Bertz CT molecular complexity index is 1030. The number of nitrogens with zero attached hydrogens (tertiary/aromatic N) is 2. The molecule has 1 aromatic heterocycles. The van der Waals surface area contributed by atoms with Crippen LogP contribution in [-0.4, -0.2) is 77.6 Å². The number of benzene rings is 1. The van der Waals surface area contributed by atoms with Crippen LogP contribution < -0.4 is 10.6 Å². The molecule has 1 unspecified atom stereocenters. The predicted octanol–water partition coefficient (Wildman–Crippen LogP) is 3.36. The lowest BCUT2D eigenvalue weighted by atomic mass is 10.1. The average molecular weight is 474 g/mol. The molecule has 3 aliphatic rings. The van der Waals surface area contributed by atoms with Crippen LogP contribution in [-0.2, 0) is 9.53 Å². The number of aliphatic imine (C=N–C) groups is 1. The summed E-state index contributed by atoms with van der Waals surface area (Å²) in [7, 11) is 0. The number of rotatable bonds is 7. The summed E-state index contributed by atoms with van der Waals surface area (Å²) in [4.78, 5) is 23.5. The first-order valence-corrected chi connectivity index (χ1v) is 13.0. The molecule has 1 aromatic carbocycles. The van der Waals surface area contributed by atoms with Gasteiger partial charge in [0.25, 0.3) is 0 Å². The quantitative estimate of drug-likeness (QED) is 0.575. The highest BCUT2D eigenvalue weighted by Gasteiger charge is 2.35. The second-order valence-corrected chi connectivity index (χ2v) is 10.0. The molecule has 2 fully saturated rings. The molecule has 0 bridgehead atoms. The monoisotopic (exact) mass is 473 g/mol. The van der Waals surface area contributed by atoms with Gasteiger partial charge in [-0.1, -0.05) is 19.8 Å². The number of hydrogen-bond donors (Lipinski definition) is 3. The summed E-state index contributed by atoms with van der Waals surface area (Å²) in [6, 6.07) is 5.03. The number of carbonyl (C=O) groups is 1. The summed E-state index contributed by atoms with van der Waals surface area (Å²) >= 11 is 1.65. The Morgan fingerprint density at radius 1 is 1.30 bits per heavy atom. The van der Waals surface area contributed by atoms with Crippen LogP contribution in [0.5, 0.6) is 0 Å². The van der Waals surface area contributed by atoms with E-state index in [2.05, 4.69) is 15.6 Å². The van der Waals surface area contributed by atoms with Gasteiger partial charge in [-0.15, -0.1) is 11.8 Å². The van der Waals surface area contributed by atoms with E-state index in [9.17, 15) is 9.18 Å². The van der Waals surface area contributed by atoms with E-state index in [1.54, 1.807) is 23.9 Å². The lowest BCUT2D eigenvalue weighted by Gasteiger charge is -2.32. The van der Waals surface area contributed by atoms with Crippen LogP contribution in [0, 0.1) is 5.82 Å². The van der Waals surface area contributed by atoms with Crippen molar-refractivity contribution in [2.24, 2.45) is 4.99 Å². The normalized spacial score (nSPS) is 22.7. The van der Waals surface area contributed by atoms with Crippen molar-refractivity contribution in [2.75, 3.05) is 43.9 Å². The first kappa shape index (κ1) is 22.7. The molecule has 1 amide bonds. The number of aromatic amines is 1. The number of morpholine rings is 1. The molecule has 0 radical (unpaired) electrons. The van der Waals surface area contributed by atoms with E-state index in [-0.39, 0.29) is 23.8 Å². The van der Waals surface area contributed by atoms with Crippen molar-refractivity contribution in [1.82, 2.24) is 15.2 Å².